The first-order valence-electron chi connectivity index (χ1n) is 6.29. The van der Waals surface area contributed by atoms with Crippen LogP contribution in [0.1, 0.15) is 30.7 Å². The molecule has 0 unspecified atom stereocenters. The summed E-state index contributed by atoms with van der Waals surface area (Å²) in [6.07, 6.45) is 4.04. The van der Waals surface area contributed by atoms with Crippen molar-refractivity contribution >= 4 is 5.69 Å². The van der Waals surface area contributed by atoms with Gasteiger partial charge in [-0.05, 0) is 47.6 Å². The molecule has 0 heterocycles. The van der Waals surface area contributed by atoms with E-state index < -0.39 is 0 Å². The van der Waals surface area contributed by atoms with Crippen molar-refractivity contribution in [2.75, 3.05) is 5.73 Å². The number of hydrogen-bond donors (Lipinski definition) is 1. The molecule has 1 aliphatic carbocycles. The Hall–Kier alpha value is -1.76. The number of nitrogen functional groups attached to an aromatic ring is 1. The molecule has 0 amide bonds. The van der Waals surface area contributed by atoms with Crippen LogP contribution >= 0.6 is 0 Å². The number of hydrogen-bond acceptors (Lipinski definition) is 1. The molecule has 1 saturated carbocycles. The van der Waals surface area contributed by atoms with E-state index in [0.717, 1.165) is 11.6 Å². The Balaban J connectivity index is 2.07. The summed E-state index contributed by atoms with van der Waals surface area (Å²) in [4.78, 5) is 0. The summed E-state index contributed by atoms with van der Waals surface area (Å²) in [5.41, 5.74) is 10.8. The molecule has 0 spiro atoms. The fraction of sp³-hybridized carbons (Fsp3) is 0.250. The lowest BCUT2D eigenvalue weighted by Crippen LogP contribution is -2.09. The van der Waals surface area contributed by atoms with Crippen LogP contribution in [0.5, 0.6) is 0 Å². The minimum Gasteiger partial charge on any atom is -0.399 e. The van der Waals surface area contributed by atoms with Gasteiger partial charge < -0.3 is 5.73 Å². The van der Waals surface area contributed by atoms with Gasteiger partial charge in [0.2, 0.25) is 0 Å². The van der Waals surface area contributed by atoms with E-state index in [1.165, 1.54) is 36.0 Å². The monoisotopic (exact) mass is 223 g/mol. The highest BCUT2D eigenvalue weighted by molar-refractivity contribution is 5.71. The molecule has 1 nitrogen and oxygen atoms in total. The molecule has 0 aromatic heterocycles. The van der Waals surface area contributed by atoms with E-state index >= 15 is 0 Å². The largest absolute Gasteiger partial charge is 0.399 e. The molecule has 17 heavy (non-hydrogen) atoms. The molecule has 1 heteroatoms. The maximum atomic E-state index is 5.87. The van der Waals surface area contributed by atoms with Gasteiger partial charge in [0.1, 0.15) is 0 Å². The van der Waals surface area contributed by atoms with Crippen molar-refractivity contribution in [3.05, 3.63) is 54.1 Å². The molecule has 1 fully saturated rings. The summed E-state index contributed by atoms with van der Waals surface area (Å²) in [5, 5.41) is 0. The van der Waals surface area contributed by atoms with Crippen molar-refractivity contribution in [3.8, 4) is 11.1 Å². The predicted octanol–water partition coefficient (Wildman–Crippen LogP) is 4.20. The van der Waals surface area contributed by atoms with Crippen molar-refractivity contribution in [1.82, 2.24) is 0 Å². The van der Waals surface area contributed by atoms with Crippen LogP contribution in [0.4, 0.5) is 5.69 Å². The zero-order valence-electron chi connectivity index (χ0n) is 9.89. The van der Waals surface area contributed by atoms with E-state index in [9.17, 15) is 0 Å². The third-order valence-corrected chi connectivity index (χ3v) is 3.70. The summed E-state index contributed by atoms with van der Waals surface area (Å²) < 4.78 is 0. The number of benzene rings is 2. The minimum absolute atomic E-state index is 0.757. The molecule has 2 aromatic rings. The van der Waals surface area contributed by atoms with Crippen molar-refractivity contribution in [2.24, 2.45) is 0 Å². The Kier molecular flexibility index (Phi) is 2.60. The Labute approximate surface area is 102 Å². The van der Waals surface area contributed by atoms with Crippen LogP contribution in [0, 0.1) is 0 Å². The van der Waals surface area contributed by atoms with Gasteiger partial charge in [0.05, 0.1) is 0 Å². The van der Waals surface area contributed by atoms with Gasteiger partial charge in [0, 0.05) is 5.69 Å². The van der Waals surface area contributed by atoms with E-state index in [1.54, 1.807) is 0 Å². The standard InChI is InChI=1S/C16H17N/c17-14-8-4-7-13(11-14)16-10-2-1-9-15(16)12-5-3-6-12/h1-2,4,7-12H,3,5-6,17H2. The van der Waals surface area contributed by atoms with Crippen LogP contribution in [-0.4, -0.2) is 0 Å². The molecule has 0 radical (unpaired) electrons. The third-order valence-electron chi connectivity index (χ3n) is 3.70. The lowest BCUT2D eigenvalue weighted by Gasteiger charge is -2.28. The zero-order valence-corrected chi connectivity index (χ0v) is 9.89. The molecular formula is C16H17N. The van der Waals surface area contributed by atoms with E-state index in [1.807, 2.05) is 12.1 Å². The highest BCUT2D eigenvalue weighted by Gasteiger charge is 2.22. The van der Waals surface area contributed by atoms with Crippen LogP contribution in [0.2, 0.25) is 0 Å². The Morgan fingerprint density at radius 3 is 2.47 bits per heavy atom. The van der Waals surface area contributed by atoms with Gasteiger partial charge in [0.15, 0.2) is 0 Å². The lowest BCUT2D eigenvalue weighted by atomic mass is 9.77. The number of anilines is 1. The van der Waals surface area contributed by atoms with Crippen molar-refractivity contribution < 1.29 is 0 Å². The maximum Gasteiger partial charge on any atom is 0.0320 e. The predicted molar refractivity (Wildman–Crippen MR) is 72.9 cm³/mol. The summed E-state index contributed by atoms with van der Waals surface area (Å²) in [5.74, 6) is 0.757. The van der Waals surface area contributed by atoms with Gasteiger partial charge in [-0.3, -0.25) is 0 Å². The quantitative estimate of drug-likeness (QED) is 0.758. The first kappa shape index (κ1) is 10.4. The second-order valence-electron chi connectivity index (χ2n) is 4.84. The fourth-order valence-corrected chi connectivity index (χ4v) is 2.54. The van der Waals surface area contributed by atoms with E-state index in [4.69, 9.17) is 5.73 Å². The lowest BCUT2D eigenvalue weighted by molar-refractivity contribution is 0.420. The highest BCUT2D eigenvalue weighted by atomic mass is 14.5. The summed E-state index contributed by atoms with van der Waals surface area (Å²) in [6, 6.07) is 16.9. The minimum atomic E-state index is 0.757. The molecule has 86 valence electrons. The summed E-state index contributed by atoms with van der Waals surface area (Å²) >= 11 is 0. The molecule has 2 N–H and O–H groups in total. The second-order valence-corrected chi connectivity index (χ2v) is 4.84. The Bertz CT molecular complexity index is 527. The van der Waals surface area contributed by atoms with E-state index in [-0.39, 0.29) is 0 Å². The average Bonchev–Trinajstić information content (AvgIpc) is 2.27. The first-order chi connectivity index (χ1) is 8.34. The van der Waals surface area contributed by atoms with Crippen LogP contribution in [0.15, 0.2) is 48.5 Å². The zero-order chi connectivity index (χ0) is 11.7. The van der Waals surface area contributed by atoms with Crippen LogP contribution in [0.25, 0.3) is 11.1 Å². The van der Waals surface area contributed by atoms with Crippen LogP contribution < -0.4 is 5.73 Å². The van der Waals surface area contributed by atoms with E-state index in [2.05, 4.69) is 36.4 Å². The smallest absolute Gasteiger partial charge is 0.0320 e. The van der Waals surface area contributed by atoms with Crippen molar-refractivity contribution in [1.29, 1.82) is 0 Å². The van der Waals surface area contributed by atoms with Crippen LogP contribution in [-0.2, 0) is 0 Å². The van der Waals surface area contributed by atoms with Gasteiger partial charge in [-0.25, -0.2) is 0 Å². The Morgan fingerprint density at radius 2 is 1.76 bits per heavy atom. The Morgan fingerprint density at radius 1 is 0.941 bits per heavy atom. The van der Waals surface area contributed by atoms with Gasteiger partial charge in [0.25, 0.3) is 0 Å². The molecule has 0 bridgehead atoms. The fourth-order valence-electron chi connectivity index (χ4n) is 2.54. The third kappa shape index (κ3) is 1.93. The maximum absolute atomic E-state index is 5.87. The summed E-state index contributed by atoms with van der Waals surface area (Å²) in [6.45, 7) is 0. The SMILES string of the molecule is Nc1cccc(-c2ccccc2C2CCC2)c1. The molecule has 0 saturated heterocycles. The number of rotatable bonds is 2. The van der Waals surface area contributed by atoms with Gasteiger partial charge in [-0.1, -0.05) is 42.8 Å². The second kappa shape index (κ2) is 4.25. The normalized spacial score (nSPS) is 15.5. The van der Waals surface area contributed by atoms with Gasteiger partial charge >= 0.3 is 0 Å². The molecule has 0 atom stereocenters. The molecule has 2 aromatic carbocycles. The average molecular weight is 223 g/mol. The van der Waals surface area contributed by atoms with Crippen LogP contribution in [0.3, 0.4) is 0 Å². The molecule has 0 aliphatic heterocycles. The van der Waals surface area contributed by atoms with Gasteiger partial charge in [-0.2, -0.15) is 0 Å². The van der Waals surface area contributed by atoms with Gasteiger partial charge in [-0.15, -0.1) is 0 Å². The van der Waals surface area contributed by atoms with Crippen molar-refractivity contribution in [3.63, 3.8) is 0 Å². The molecule has 1 aliphatic rings. The summed E-state index contributed by atoms with van der Waals surface area (Å²) in [7, 11) is 0. The molecular weight excluding hydrogens is 206 g/mol. The van der Waals surface area contributed by atoms with E-state index in [0.29, 0.717) is 0 Å². The first-order valence-corrected chi connectivity index (χ1v) is 6.29. The highest BCUT2D eigenvalue weighted by Crippen LogP contribution is 2.41. The molecule has 3 rings (SSSR count). The topological polar surface area (TPSA) is 26.0 Å². The number of nitrogens with two attached hydrogens (primary N) is 1. The van der Waals surface area contributed by atoms with Crippen molar-refractivity contribution in [2.45, 2.75) is 25.2 Å².